The molecule has 5 heteroatoms. The van der Waals surface area contributed by atoms with Gasteiger partial charge in [0.25, 0.3) is 0 Å². The van der Waals surface area contributed by atoms with Gasteiger partial charge < -0.3 is 14.2 Å². The van der Waals surface area contributed by atoms with Gasteiger partial charge in [0.1, 0.15) is 11.3 Å². The van der Waals surface area contributed by atoms with Gasteiger partial charge in [0.15, 0.2) is 0 Å². The molecule has 0 radical (unpaired) electrons. The molecule has 1 amide bonds. The summed E-state index contributed by atoms with van der Waals surface area (Å²) in [5, 5.41) is 0. The van der Waals surface area contributed by atoms with Crippen molar-refractivity contribution >= 4 is 6.09 Å². The predicted octanol–water partition coefficient (Wildman–Crippen LogP) is 4.52. The Morgan fingerprint density at radius 1 is 1.31 bits per heavy atom. The number of carbonyl (C=O) groups excluding carboxylic acids is 1. The maximum absolute atomic E-state index is 12.6. The summed E-state index contributed by atoms with van der Waals surface area (Å²) in [6, 6.07) is 9.89. The molecule has 1 heterocycles. The van der Waals surface area contributed by atoms with Crippen molar-refractivity contribution in [1.82, 2.24) is 4.90 Å². The van der Waals surface area contributed by atoms with Gasteiger partial charge in [-0.25, -0.2) is 4.79 Å². The molecule has 5 nitrogen and oxygen atoms in total. The maximum Gasteiger partial charge on any atom is 0.413 e. The molecule has 0 spiro atoms. The third-order valence-corrected chi connectivity index (χ3v) is 4.03. The monoisotopic (exact) mass is 361 g/mol. The van der Waals surface area contributed by atoms with E-state index in [-0.39, 0.29) is 12.1 Å². The molecular weight excluding hydrogens is 330 g/mol. The molecule has 0 saturated carbocycles. The van der Waals surface area contributed by atoms with E-state index in [1.54, 1.807) is 4.90 Å². The molecule has 1 fully saturated rings. The van der Waals surface area contributed by atoms with E-state index in [2.05, 4.69) is 0 Å². The molecule has 1 atom stereocenters. The molecule has 2 rings (SSSR count). The zero-order chi connectivity index (χ0) is 19.4. The Morgan fingerprint density at radius 3 is 2.58 bits per heavy atom. The van der Waals surface area contributed by atoms with Crippen LogP contribution in [0.5, 0.6) is 0 Å². The Balaban J connectivity index is 1.98. The van der Waals surface area contributed by atoms with Crippen LogP contribution in [-0.2, 0) is 20.8 Å². The van der Waals surface area contributed by atoms with Crippen molar-refractivity contribution in [2.75, 3.05) is 13.2 Å². The number of amides is 1. The molecule has 0 unspecified atom stereocenters. The third-order valence-electron chi connectivity index (χ3n) is 4.03. The molecular formula is C21H31NO4. The first-order chi connectivity index (χ1) is 12.1. The smallest absolute Gasteiger partial charge is 0.413 e. The normalized spacial score (nSPS) is 20.3. The van der Waals surface area contributed by atoms with Crippen LogP contribution in [0.25, 0.3) is 0 Å². The largest absolute Gasteiger partial charge is 0.444 e. The van der Waals surface area contributed by atoms with Crippen LogP contribution < -0.4 is 0 Å². The first-order valence-electron chi connectivity index (χ1n) is 9.04. The molecule has 0 aliphatic carbocycles. The van der Waals surface area contributed by atoms with Crippen LogP contribution in [0.3, 0.4) is 0 Å². The van der Waals surface area contributed by atoms with E-state index in [1.807, 2.05) is 78.0 Å². The Bertz CT molecular complexity index is 631. The fourth-order valence-electron chi connectivity index (χ4n) is 2.90. The molecule has 0 aromatic heterocycles. The van der Waals surface area contributed by atoms with Crippen molar-refractivity contribution in [3.05, 3.63) is 47.5 Å². The minimum absolute atomic E-state index is 0.167. The van der Waals surface area contributed by atoms with Gasteiger partial charge in [0, 0.05) is 0 Å². The van der Waals surface area contributed by atoms with Gasteiger partial charge >= 0.3 is 6.09 Å². The van der Waals surface area contributed by atoms with Crippen molar-refractivity contribution in [2.45, 2.75) is 65.5 Å². The first kappa shape index (κ1) is 20.5. The lowest BCUT2D eigenvalue weighted by atomic mass is 10.1. The van der Waals surface area contributed by atoms with Gasteiger partial charge in [0.2, 0.25) is 0 Å². The van der Waals surface area contributed by atoms with Crippen LogP contribution >= 0.6 is 0 Å². The van der Waals surface area contributed by atoms with Crippen LogP contribution in [-0.4, -0.2) is 41.6 Å². The molecule has 144 valence electrons. The van der Waals surface area contributed by atoms with Crippen molar-refractivity contribution in [3.63, 3.8) is 0 Å². The standard InChI is InChI=1S/C21H31NO4/c1-16(13-24-14-17-10-8-7-9-11-17)12-18-15-25-21(5,6)22(18)19(23)26-20(2,3)4/h7-12,18H,13-15H2,1-6H3/b16-12+/t18-/m0/s1. The SMILES string of the molecule is C/C(=C\[C@H]1COC(C)(C)N1C(=O)OC(C)(C)C)COCc1ccccc1. The quantitative estimate of drug-likeness (QED) is 0.724. The lowest BCUT2D eigenvalue weighted by Crippen LogP contribution is -2.49. The number of hydrogen-bond donors (Lipinski definition) is 0. The molecule has 1 aliphatic heterocycles. The fourth-order valence-corrected chi connectivity index (χ4v) is 2.90. The highest BCUT2D eigenvalue weighted by molar-refractivity contribution is 5.70. The Labute approximate surface area is 156 Å². The van der Waals surface area contributed by atoms with E-state index >= 15 is 0 Å². The fraction of sp³-hybridized carbons (Fsp3) is 0.571. The second-order valence-corrected chi connectivity index (χ2v) is 8.17. The maximum atomic E-state index is 12.6. The summed E-state index contributed by atoms with van der Waals surface area (Å²) in [6.07, 6.45) is 1.67. The number of benzene rings is 1. The highest BCUT2D eigenvalue weighted by Crippen LogP contribution is 2.30. The van der Waals surface area contributed by atoms with E-state index in [4.69, 9.17) is 14.2 Å². The van der Waals surface area contributed by atoms with Crippen molar-refractivity contribution in [2.24, 2.45) is 0 Å². The summed E-state index contributed by atoms with van der Waals surface area (Å²) < 4.78 is 17.1. The Kier molecular flexibility index (Phi) is 6.48. The lowest BCUT2D eigenvalue weighted by molar-refractivity contribution is -0.0610. The van der Waals surface area contributed by atoms with E-state index in [0.717, 1.165) is 11.1 Å². The van der Waals surface area contributed by atoms with E-state index in [1.165, 1.54) is 0 Å². The molecule has 1 aromatic rings. The van der Waals surface area contributed by atoms with Crippen LogP contribution in [0.4, 0.5) is 4.79 Å². The number of rotatable bonds is 5. The zero-order valence-corrected chi connectivity index (χ0v) is 16.7. The summed E-state index contributed by atoms with van der Waals surface area (Å²) in [6.45, 7) is 12.9. The minimum atomic E-state index is -0.700. The highest BCUT2D eigenvalue weighted by atomic mass is 16.6. The number of carbonyl (C=O) groups is 1. The minimum Gasteiger partial charge on any atom is -0.444 e. The zero-order valence-electron chi connectivity index (χ0n) is 16.7. The average molecular weight is 361 g/mol. The number of ether oxygens (including phenoxy) is 3. The summed E-state index contributed by atoms with van der Waals surface area (Å²) >= 11 is 0. The predicted molar refractivity (Wildman–Crippen MR) is 102 cm³/mol. The summed E-state index contributed by atoms with van der Waals surface area (Å²) in [7, 11) is 0. The second kappa shape index (κ2) is 8.23. The Hall–Kier alpha value is -1.85. The summed E-state index contributed by atoms with van der Waals surface area (Å²) in [4.78, 5) is 14.3. The molecule has 26 heavy (non-hydrogen) atoms. The van der Waals surface area contributed by atoms with Crippen LogP contribution in [0.2, 0.25) is 0 Å². The van der Waals surface area contributed by atoms with Crippen molar-refractivity contribution in [1.29, 1.82) is 0 Å². The van der Waals surface area contributed by atoms with Gasteiger partial charge in [-0.2, -0.15) is 0 Å². The number of hydrogen-bond acceptors (Lipinski definition) is 4. The third kappa shape index (κ3) is 5.85. The van der Waals surface area contributed by atoms with Crippen LogP contribution in [0, 0.1) is 0 Å². The molecule has 0 N–H and O–H groups in total. The average Bonchev–Trinajstić information content (AvgIpc) is 2.81. The van der Waals surface area contributed by atoms with Crippen molar-refractivity contribution in [3.8, 4) is 0 Å². The van der Waals surface area contributed by atoms with Gasteiger partial charge in [-0.3, -0.25) is 4.90 Å². The van der Waals surface area contributed by atoms with Gasteiger partial charge in [-0.1, -0.05) is 36.4 Å². The topological polar surface area (TPSA) is 48.0 Å². The Morgan fingerprint density at radius 2 is 1.96 bits per heavy atom. The molecule has 1 aromatic carbocycles. The lowest BCUT2D eigenvalue weighted by Gasteiger charge is -2.34. The van der Waals surface area contributed by atoms with Gasteiger partial charge in [0.05, 0.1) is 25.9 Å². The second-order valence-electron chi connectivity index (χ2n) is 8.17. The summed E-state index contributed by atoms with van der Waals surface area (Å²) in [5.41, 5.74) is 0.953. The van der Waals surface area contributed by atoms with Gasteiger partial charge in [-0.15, -0.1) is 0 Å². The molecule has 0 bridgehead atoms. The molecule has 1 saturated heterocycles. The van der Waals surface area contributed by atoms with Gasteiger partial charge in [-0.05, 0) is 52.7 Å². The van der Waals surface area contributed by atoms with E-state index in [9.17, 15) is 4.79 Å². The van der Waals surface area contributed by atoms with Crippen molar-refractivity contribution < 1.29 is 19.0 Å². The van der Waals surface area contributed by atoms with Crippen LogP contribution in [0.1, 0.15) is 47.1 Å². The van der Waals surface area contributed by atoms with E-state index < -0.39 is 11.3 Å². The van der Waals surface area contributed by atoms with Crippen LogP contribution in [0.15, 0.2) is 42.0 Å². The highest BCUT2D eigenvalue weighted by Gasteiger charge is 2.44. The number of nitrogens with zero attached hydrogens (tertiary/aromatic N) is 1. The van der Waals surface area contributed by atoms with E-state index in [0.29, 0.717) is 19.8 Å². The first-order valence-corrected chi connectivity index (χ1v) is 9.04. The summed E-state index contributed by atoms with van der Waals surface area (Å²) in [5.74, 6) is 0. The molecule has 1 aliphatic rings.